The van der Waals surface area contributed by atoms with Crippen molar-refractivity contribution < 1.29 is 32.5 Å². The van der Waals surface area contributed by atoms with E-state index >= 15 is 0 Å². The molecule has 4 atom stereocenters. The highest BCUT2D eigenvalue weighted by Crippen LogP contribution is 2.45. The van der Waals surface area contributed by atoms with Gasteiger partial charge in [0.15, 0.2) is 46.0 Å². The summed E-state index contributed by atoms with van der Waals surface area (Å²) in [6, 6.07) is 44.4. The highest BCUT2D eigenvalue weighted by molar-refractivity contribution is 5.80. The Morgan fingerprint density at radius 1 is 0.464 bits per heavy atom. The van der Waals surface area contributed by atoms with Crippen molar-refractivity contribution in [2.75, 3.05) is 107 Å². The van der Waals surface area contributed by atoms with Gasteiger partial charge in [-0.05, 0) is 222 Å². The largest absolute Gasteiger partial charge is 0.494 e. The molecule has 3 fully saturated rings. The van der Waals surface area contributed by atoms with E-state index in [1.54, 1.807) is 76.4 Å². The first-order chi connectivity index (χ1) is 54.4. The number of nitrogens with zero attached hydrogens (tertiary/aromatic N) is 12. The van der Waals surface area contributed by atoms with Gasteiger partial charge >= 0.3 is 0 Å². The van der Waals surface area contributed by atoms with E-state index in [2.05, 4.69) is 84.5 Å². The minimum absolute atomic E-state index is 0.0946. The van der Waals surface area contributed by atoms with Crippen molar-refractivity contribution in [3.05, 3.63) is 252 Å². The van der Waals surface area contributed by atoms with Crippen LogP contribution in [0.2, 0.25) is 0 Å². The van der Waals surface area contributed by atoms with E-state index in [1.807, 2.05) is 129 Å². The van der Waals surface area contributed by atoms with Gasteiger partial charge in [-0.1, -0.05) is 24.3 Å². The van der Waals surface area contributed by atoms with E-state index in [4.69, 9.17) is 33.1 Å². The maximum atomic E-state index is 14.1. The molecule has 25 heteroatoms. The molecule has 0 amide bonds. The van der Waals surface area contributed by atoms with E-state index < -0.39 is 5.82 Å². The average Bonchev–Trinajstić information content (AvgIpc) is 1.18. The van der Waals surface area contributed by atoms with E-state index in [-0.39, 0.29) is 28.0 Å². The number of aryl methyl sites for hydroxylation is 1. The first-order valence-corrected chi connectivity index (χ1v) is 37.7. The van der Waals surface area contributed by atoms with Gasteiger partial charge in [0.25, 0.3) is 22.2 Å². The molecule has 13 heterocycles. The molecule has 0 spiro atoms. The van der Waals surface area contributed by atoms with Gasteiger partial charge in [-0.2, -0.15) is 0 Å². The quantitative estimate of drug-likeness (QED) is 0.109. The molecular weight excluding hydrogens is 1420 g/mol. The Hall–Kier alpha value is -12.2. The number of nitrogens with one attached hydrogen (secondary N) is 2. The minimum atomic E-state index is -0.473. The highest BCUT2D eigenvalue weighted by atomic mass is 19.1. The molecule has 574 valence electrons. The molecule has 5 aliphatic rings. The third-order valence-corrected chi connectivity index (χ3v) is 22.0. The summed E-state index contributed by atoms with van der Waals surface area (Å²) in [5, 5.41) is 6.60. The average molecular weight is 1510 g/mol. The van der Waals surface area contributed by atoms with Crippen molar-refractivity contribution in [1.29, 1.82) is 0 Å². The fourth-order valence-electron chi connectivity index (χ4n) is 15.6. The van der Waals surface area contributed by atoms with Gasteiger partial charge in [-0.25, -0.2) is 29.3 Å². The maximum Gasteiger partial charge on any atom is 0.258 e. The smallest absolute Gasteiger partial charge is 0.258 e. The molecule has 4 aromatic carbocycles. The number of ether oxygens (including phenoxy) is 5. The first-order valence-electron chi connectivity index (χ1n) is 37.7. The first kappa shape index (κ1) is 75.3. The number of rotatable bonds is 13. The predicted octanol–water partition coefficient (Wildman–Crippen LogP) is 12.2. The highest BCUT2D eigenvalue weighted by Gasteiger charge is 2.41. The molecule has 1 unspecified atom stereocenters. The van der Waals surface area contributed by atoms with Crippen molar-refractivity contribution >= 4 is 50.5 Å². The van der Waals surface area contributed by atoms with Crippen molar-refractivity contribution in [2.24, 2.45) is 5.92 Å². The summed E-state index contributed by atoms with van der Waals surface area (Å²) < 4.78 is 52.3. The number of methoxy groups -OCH3 is 5. The molecular formula is C87H89FN14O10. The van der Waals surface area contributed by atoms with Crippen LogP contribution in [0.15, 0.2) is 206 Å². The number of halogens is 1. The van der Waals surface area contributed by atoms with E-state index in [0.29, 0.717) is 103 Å². The molecule has 112 heavy (non-hydrogen) atoms. The van der Waals surface area contributed by atoms with Crippen LogP contribution in [0, 0.1) is 18.7 Å². The SMILES string of the molecule is COc1ccc(-c2cc(=O)n3cc(C4=CCNCC4)ccc3n2)cc1OC.COc1ccc(-c2cc(=O)n3cc(C4=CCNCC4)ccc3n2)cc1OC.COc1ccc(-c2cc(=O)n3cc(C4C[C@H]5CCN(C)[C@H]5C4)ccc3n2)cc1F.Cc1nc2ccc(-c3cc(=O)n4cc(N5CCN(C)[C@H](C)C5)ccc4n3)cc2o1. The van der Waals surface area contributed by atoms with Crippen molar-refractivity contribution in [1.82, 2.24) is 63.0 Å². The number of piperazine rings is 1. The van der Waals surface area contributed by atoms with Gasteiger partial charge in [0.2, 0.25) is 0 Å². The van der Waals surface area contributed by atoms with Crippen LogP contribution >= 0.6 is 0 Å². The molecule has 4 aliphatic heterocycles. The zero-order chi connectivity index (χ0) is 77.8. The van der Waals surface area contributed by atoms with Crippen LogP contribution in [0.3, 0.4) is 0 Å². The minimum Gasteiger partial charge on any atom is -0.494 e. The fraction of sp³-hybridized carbons (Fsp3) is 0.299. The summed E-state index contributed by atoms with van der Waals surface area (Å²) in [6.07, 6.45) is 17.4. The summed E-state index contributed by atoms with van der Waals surface area (Å²) in [5.74, 6) is 4.05. The number of likely N-dealkylation sites (N-methyl/N-ethyl adjacent to an activating group) is 1. The zero-order valence-electron chi connectivity index (χ0n) is 64.1. The van der Waals surface area contributed by atoms with Gasteiger partial charge in [0.1, 0.15) is 28.1 Å². The van der Waals surface area contributed by atoms with E-state index in [0.717, 1.165) is 110 Å². The zero-order valence-corrected chi connectivity index (χ0v) is 64.1. The number of pyridine rings is 4. The molecule has 9 aromatic heterocycles. The summed E-state index contributed by atoms with van der Waals surface area (Å²) in [4.78, 5) is 81.2. The number of hydrogen-bond acceptors (Lipinski definition) is 20. The predicted molar refractivity (Wildman–Crippen MR) is 434 cm³/mol. The van der Waals surface area contributed by atoms with E-state index in [1.165, 1.54) is 55.3 Å². The molecule has 0 bridgehead atoms. The van der Waals surface area contributed by atoms with Crippen LogP contribution in [0.4, 0.5) is 10.1 Å². The molecule has 1 aliphatic carbocycles. The monoisotopic (exact) mass is 1510 g/mol. The third-order valence-electron chi connectivity index (χ3n) is 22.0. The summed E-state index contributed by atoms with van der Waals surface area (Å²) in [7, 11) is 12.1. The number of benzene rings is 4. The number of anilines is 1. The molecule has 18 rings (SSSR count). The number of aromatic nitrogens is 9. The van der Waals surface area contributed by atoms with Gasteiger partial charge < -0.3 is 53.4 Å². The molecule has 2 saturated heterocycles. The summed E-state index contributed by atoms with van der Waals surface area (Å²) in [5.41, 5.74) is 15.7. The van der Waals surface area contributed by atoms with Crippen molar-refractivity contribution in [3.63, 3.8) is 0 Å². The van der Waals surface area contributed by atoms with Gasteiger partial charge in [-0.3, -0.25) is 36.8 Å². The molecule has 13 aromatic rings. The Kier molecular flexibility index (Phi) is 22.0. The lowest BCUT2D eigenvalue weighted by molar-refractivity contribution is 0.234. The Morgan fingerprint density at radius 3 is 1.42 bits per heavy atom. The fourth-order valence-corrected chi connectivity index (χ4v) is 15.6. The number of fused-ring (bicyclic) bond motifs is 6. The van der Waals surface area contributed by atoms with Crippen molar-refractivity contribution in [3.8, 4) is 73.8 Å². The number of likely N-dealkylation sites (tertiary alicyclic amines) is 1. The standard InChI is InChI=1S/C23H24FN3O2.C22H23N5O2.2C21H21N3O3/c1-26-8-7-15-9-17(11-20(15)26)16-4-6-22-25-19(12-23(28)27(22)13-16)14-3-5-21(29-2)18(24)10-14;1-14-12-26(9-8-25(14)3)17-5-7-21-24-19(11-22(28)27(21)13-17)16-4-6-18-20(10-16)29-15(2)23-18;2*1-26-18-5-3-15(11-19(18)27-2)17-12-21(25)24-13-16(4-6-20(24)23-17)14-7-9-22-10-8-14/h3-6,10,12-13,15,17,20H,7-9,11H2,1-2H3;4-7,10-11,13-14H,8-9,12H2,1-3H3;2*3-7,11-13,22H,8-10H2,1-2H3/t15-,17?,20+;14-;;/m11../s1. The van der Waals surface area contributed by atoms with Crippen molar-refractivity contribution in [2.45, 2.75) is 64.0 Å². The van der Waals surface area contributed by atoms with Gasteiger partial charge in [0, 0.05) is 123 Å². The lowest BCUT2D eigenvalue weighted by Gasteiger charge is -2.39. The van der Waals surface area contributed by atoms with Crippen LogP contribution in [0.25, 0.3) is 89.9 Å². The van der Waals surface area contributed by atoms with Crippen LogP contribution in [-0.2, 0) is 0 Å². The second-order valence-corrected chi connectivity index (χ2v) is 28.8. The molecule has 24 nitrogen and oxygen atoms in total. The Labute approximate surface area is 645 Å². The van der Waals surface area contributed by atoms with Crippen LogP contribution in [0.5, 0.6) is 28.7 Å². The Morgan fingerprint density at radius 2 is 0.929 bits per heavy atom. The summed E-state index contributed by atoms with van der Waals surface area (Å²) in [6.45, 7) is 11.8. The molecule has 0 radical (unpaired) electrons. The lowest BCUT2D eigenvalue weighted by atomic mass is 9.97. The Bertz CT molecular complexity index is 5880. The molecule has 1 saturated carbocycles. The third kappa shape index (κ3) is 16.0. The Balaban J connectivity index is 0.000000118. The normalized spacial score (nSPS) is 17.7. The lowest BCUT2D eigenvalue weighted by Crippen LogP contribution is -2.50. The topological polar surface area (TPSA) is 243 Å². The maximum absolute atomic E-state index is 14.1. The van der Waals surface area contributed by atoms with Crippen LogP contribution in [-0.4, -0.2) is 166 Å². The second kappa shape index (κ2) is 32.8. The summed E-state index contributed by atoms with van der Waals surface area (Å²) >= 11 is 0. The van der Waals surface area contributed by atoms with Crippen LogP contribution < -0.4 is 61.5 Å². The second-order valence-electron chi connectivity index (χ2n) is 28.8. The number of oxazole rings is 1. The molecule has 2 N–H and O–H groups in total. The van der Waals surface area contributed by atoms with Gasteiger partial charge in [-0.15, -0.1) is 0 Å². The van der Waals surface area contributed by atoms with Gasteiger partial charge in [0.05, 0.1) is 64.0 Å². The van der Waals surface area contributed by atoms with E-state index in [9.17, 15) is 23.6 Å². The number of hydrogen-bond donors (Lipinski definition) is 2. The van der Waals surface area contributed by atoms with Crippen LogP contribution in [0.1, 0.15) is 67.5 Å².